The van der Waals surface area contributed by atoms with E-state index in [1.807, 2.05) is 0 Å². The van der Waals surface area contributed by atoms with E-state index in [1.165, 1.54) is 54.4 Å². The summed E-state index contributed by atoms with van der Waals surface area (Å²) in [5.74, 6) is 7.73. The molecule has 2 aromatic carbocycles. The molecule has 0 amide bonds. The first-order valence-electron chi connectivity index (χ1n) is 10.2. The second-order valence-corrected chi connectivity index (χ2v) is 7.37. The topological polar surface area (TPSA) is 0 Å². The van der Waals surface area contributed by atoms with E-state index in [9.17, 15) is 0 Å². The van der Waals surface area contributed by atoms with E-state index in [0.717, 1.165) is 24.3 Å². The van der Waals surface area contributed by atoms with Gasteiger partial charge in [-0.3, -0.25) is 0 Å². The van der Waals surface area contributed by atoms with Gasteiger partial charge < -0.3 is 0 Å². The van der Waals surface area contributed by atoms with E-state index < -0.39 is 0 Å². The van der Waals surface area contributed by atoms with Crippen LogP contribution in [0, 0.1) is 17.8 Å². The normalized spacial score (nSPS) is 16.5. The van der Waals surface area contributed by atoms with Gasteiger partial charge in [-0.2, -0.15) is 0 Å². The van der Waals surface area contributed by atoms with Crippen molar-refractivity contribution in [3.8, 4) is 23.0 Å². The van der Waals surface area contributed by atoms with E-state index in [0.29, 0.717) is 0 Å². The smallest absolute Gasteiger partial charge is 0.0252 e. The fraction of sp³-hybridized carbons (Fsp3) is 0.385. The Balaban J connectivity index is 1.83. The van der Waals surface area contributed by atoms with E-state index in [1.54, 1.807) is 0 Å². The molecule has 1 aliphatic carbocycles. The summed E-state index contributed by atoms with van der Waals surface area (Å²) in [5.41, 5.74) is 6.56. The molecule has 0 heteroatoms. The highest BCUT2D eigenvalue weighted by atomic mass is 14.2. The third kappa shape index (κ3) is 4.89. The maximum atomic E-state index is 3.44. The number of benzene rings is 2. The van der Waals surface area contributed by atoms with Gasteiger partial charge in [0.25, 0.3) is 0 Å². The molecule has 0 saturated heterocycles. The van der Waals surface area contributed by atoms with Gasteiger partial charge in [0, 0.05) is 5.56 Å². The predicted molar refractivity (Wildman–Crippen MR) is 113 cm³/mol. The monoisotopic (exact) mass is 342 g/mol. The van der Waals surface area contributed by atoms with Crippen molar-refractivity contribution in [1.29, 1.82) is 0 Å². The van der Waals surface area contributed by atoms with Gasteiger partial charge in [0.2, 0.25) is 0 Å². The van der Waals surface area contributed by atoms with Gasteiger partial charge >= 0.3 is 0 Å². The van der Waals surface area contributed by atoms with Crippen molar-refractivity contribution < 1.29 is 0 Å². The molecule has 0 heterocycles. The Morgan fingerprint density at radius 1 is 1.00 bits per heavy atom. The quantitative estimate of drug-likeness (QED) is 0.505. The number of unbranched alkanes of at least 4 members (excludes halogenated alkanes) is 1. The minimum Gasteiger partial charge on any atom is -0.0726 e. The van der Waals surface area contributed by atoms with Gasteiger partial charge in [0.15, 0.2) is 0 Å². The summed E-state index contributed by atoms with van der Waals surface area (Å²) in [5, 5.41) is 0. The molecular formula is C26H30. The summed E-state index contributed by atoms with van der Waals surface area (Å²) < 4.78 is 0. The fourth-order valence-electron chi connectivity index (χ4n) is 3.67. The van der Waals surface area contributed by atoms with Gasteiger partial charge in [-0.05, 0) is 72.4 Å². The molecule has 0 N–H and O–H groups in total. The first-order chi connectivity index (χ1) is 12.8. The summed E-state index contributed by atoms with van der Waals surface area (Å²) in [6, 6.07) is 17.5. The van der Waals surface area contributed by atoms with Gasteiger partial charge in [0.1, 0.15) is 0 Å². The number of rotatable bonds is 5. The van der Waals surface area contributed by atoms with Crippen LogP contribution in [-0.4, -0.2) is 0 Å². The lowest BCUT2D eigenvalue weighted by Gasteiger charge is -2.17. The van der Waals surface area contributed by atoms with E-state index >= 15 is 0 Å². The Kier molecular flexibility index (Phi) is 6.73. The Bertz CT molecular complexity index is 799. The van der Waals surface area contributed by atoms with Crippen LogP contribution in [0.1, 0.15) is 63.5 Å². The van der Waals surface area contributed by atoms with Crippen molar-refractivity contribution in [3.05, 3.63) is 71.3 Å². The third-order valence-corrected chi connectivity index (χ3v) is 5.45. The van der Waals surface area contributed by atoms with Crippen molar-refractivity contribution in [2.45, 2.75) is 58.8 Å². The lowest BCUT2D eigenvalue weighted by molar-refractivity contribution is 0.460. The molecule has 2 aromatic rings. The van der Waals surface area contributed by atoms with Crippen LogP contribution >= 0.6 is 0 Å². The van der Waals surface area contributed by atoms with E-state index in [-0.39, 0.29) is 0 Å². The molecule has 0 aliphatic heterocycles. The molecule has 0 aromatic heterocycles. The zero-order chi connectivity index (χ0) is 18.2. The van der Waals surface area contributed by atoms with Crippen molar-refractivity contribution in [2.75, 3.05) is 0 Å². The average Bonchev–Trinajstić information content (AvgIpc) is 2.71. The Morgan fingerprint density at radius 3 is 2.54 bits per heavy atom. The van der Waals surface area contributed by atoms with Gasteiger partial charge in [-0.1, -0.05) is 81.0 Å². The summed E-state index contributed by atoms with van der Waals surface area (Å²) in [6.45, 7) is 4.55. The van der Waals surface area contributed by atoms with Crippen LogP contribution < -0.4 is 0 Å². The maximum Gasteiger partial charge on any atom is 0.0252 e. The fourth-order valence-corrected chi connectivity index (χ4v) is 3.67. The number of hydrogen-bond donors (Lipinski definition) is 0. The van der Waals surface area contributed by atoms with Crippen LogP contribution in [0.5, 0.6) is 0 Å². The van der Waals surface area contributed by atoms with Crippen LogP contribution in [0.4, 0.5) is 0 Å². The van der Waals surface area contributed by atoms with E-state index in [2.05, 4.69) is 80.3 Å². The molecule has 0 fully saturated rings. The van der Waals surface area contributed by atoms with Crippen molar-refractivity contribution >= 4 is 0 Å². The second-order valence-electron chi connectivity index (χ2n) is 7.37. The molecule has 1 aliphatic rings. The SMILES string of the molecule is CCCCc1cc(C#CC2=CCC(CC)CC2)ccc1-c1ccccc1. The largest absolute Gasteiger partial charge is 0.0726 e. The predicted octanol–water partition coefficient (Wildman–Crippen LogP) is 7.18. The van der Waals surface area contributed by atoms with E-state index in [4.69, 9.17) is 0 Å². The molecule has 134 valence electrons. The highest BCUT2D eigenvalue weighted by Crippen LogP contribution is 2.27. The number of allylic oxidation sites excluding steroid dienone is 2. The maximum absolute atomic E-state index is 3.44. The van der Waals surface area contributed by atoms with Crippen LogP contribution in [0.2, 0.25) is 0 Å². The molecule has 0 spiro atoms. The zero-order valence-electron chi connectivity index (χ0n) is 16.2. The van der Waals surface area contributed by atoms with Gasteiger partial charge in [-0.15, -0.1) is 0 Å². The summed E-state index contributed by atoms with van der Waals surface area (Å²) in [4.78, 5) is 0. The van der Waals surface area contributed by atoms with Crippen LogP contribution in [0.15, 0.2) is 60.2 Å². The molecule has 0 radical (unpaired) electrons. The van der Waals surface area contributed by atoms with Gasteiger partial charge in [-0.25, -0.2) is 0 Å². The minimum absolute atomic E-state index is 0.867. The number of hydrogen-bond acceptors (Lipinski definition) is 0. The first kappa shape index (κ1) is 18.5. The molecule has 26 heavy (non-hydrogen) atoms. The van der Waals surface area contributed by atoms with Crippen molar-refractivity contribution in [1.82, 2.24) is 0 Å². The molecule has 0 nitrogen and oxygen atoms in total. The van der Waals surface area contributed by atoms with Crippen LogP contribution in [0.3, 0.4) is 0 Å². The van der Waals surface area contributed by atoms with Crippen molar-refractivity contribution in [3.63, 3.8) is 0 Å². The number of aryl methyl sites for hydroxylation is 1. The van der Waals surface area contributed by atoms with Gasteiger partial charge in [0.05, 0.1) is 0 Å². The third-order valence-electron chi connectivity index (χ3n) is 5.45. The summed E-state index contributed by atoms with van der Waals surface area (Å²) >= 11 is 0. The first-order valence-corrected chi connectivity index (χ1v) is 10.2. The second kappa shape index (κ2) is 9.44. The Labute approximate surface area is 159 Å². The Morgan fingerprint density at radius 2 is 1.85 bits per heavy atom. The van der Waals surface area contributed by atoms with Crippen LogP contribution in [-0.2, 0) is 6.42 Å². The Hall–Kier alpha value is -2.26. The lowest BCUT2D eigenvalue weighted by Crippen LogP contribution is -2.03. The lowest BCUT2D eigenvalue weighted by atomic mass is 9.88. The highest BCUT2D eigenvalue weighted by molar-refractivity contribution is 5.68. The van der Waals surface area contributed by atoms with Crippen molar-refractivity contribution in [2.24, 2.45) is 5.92 Å². The zero-order valence-corrected chi connectivity index (χ0v) is 16.2. The minimum atomic E-state index is 0.867. The molecular weight excluding hydrogens is 312 g/mol. The summed E-state index contributed by atoms with van der Waals surface area (Å²) in [6.07, 6.45) is 10.9. The molecule has 0 saturated carbocycles. The molecule has 3 rings (SSSR count). The molecule has 1 atom stereocenters. The average molecular weight is 343 g/mol. The van der Waals surface area contributed by atoms with Crippen LogP contribution in [0.25, 0.3) is 11.1 Å². The molecule has 0 bridgehead atoms. The summed E-state index contributed by atoms with van der Waals surface area (Å²) in [7, 11) is 0. The molecule has 1 unspecified atom stereocenters. The standard InChI is InChI=1S/C26H30/c1-3-5-9-25-20-23(17-16-22-14-12-21(4-2)13-15-22)18-19-26(25)24-10-7-6-8-11-24/h6-8,10-11,14,18-21H,3-5,9,12-13,15H2,1-2H3. The highest BCUT2D eigenvalue weighted by Gasteiger charge is 2.11.